The first-order chi connectivity index (χ1) is 4.77. The Labute approximate surface area is 62.7 Å². The number of nitrogens with zero attached hydrogens (tertiary/aromatic N) is 2. The van der Waals surface area contributed by atoms with Gasteiger partial charge in [0.25, 0.3) is 0 Å². The first kappa shape index (κ1) is 9.43. The Bertz CT molecular complexity index is 91.6. The van der Waals surface area contributed by atoms with Crippen molar-refractivity contribution in [2.75, 3.05) is 34.3 Å². The zero-order chi connectivity index (χ0) is 7.82. The third kappa shape index (κ3) is 7.43. The van der Waals surface area contributed by atoms with E-state index in [2.05, 4.69) is 28.7 Å². The van der Waals surface area contributed by atoms with Crippen molar-refractivity contribution in [3.63, 3.8) is 0 Å². The number of hydrogen-bond acceptors (Lipinski definition) is 3. The van der Waals surface area contributed by atoms with E-state index in [1.165, 1.54) is 6.40 Å². The molecule has 0 aromatic carbocycles. The zero-order valence-corrected chi connectivity index (χ0v) is 7.00. The molecule has 3 heteroatoms. The molecule has 0 N–H and O–H groups in total. The maximum Gasteiger partial charge on any atom is 0.168 e. The second kappa shape index (κ2) is 6.55. The van der Waals surface area contributed by atoms with Gasteiger partial charge in [-0.15, -0.1) is 0 Å². The van der Waals surface area contributed by atoms with Crippen molar-refractivity contribution in [3.05, 3.63) is 0 Å². The molecule has 0 bridgehead atoms. The van der Waals surface area contributed by atoms with Crippen molar-refractivity contribution in [1.29, 1.82) is 0 Å². The minimum atomic E-state index is 0.853. The van der Waals surface area contributed by atoms with Crippen LogP contribution >= 0.6 is 0 Å². The van der Waals surface area contributed by atoms with Crippen LogP contribution in [-0.2, 0) is 4.74 Å². The van der Waals surface area contributed by atoms with Crippen LogP contribution < -0.4 is 0 Å². The Hall–Kier alpha value is -0.570. The Morgan fingerprint density at radius 3 is 2.70 bits per heavy atom. The molecule has 0 aliphatic carbocycles. The number of hydrogen-bond donors (Lipinski definition) is 0. The van der Waals surface area contributed by atoms with Crippen molar-refractivity contribution < 1.29 is 4.74 Å². The third-order valence-electron chi connectivity index (χ3n) is 1.07. The molecule has 3 nitrogen and oxygen atoms in total. The number of aliphatic imine (C=N–C) groups is 1. The van der Waals surface area contributed by atoms with Gasteiger partial charge in [0.15, 0.2) is 6.40 Å². The van der Waals surface area contributed by atoms with E-state index in [9.17, 15) is 0 Å². The second-order valence-corrected chi connectivity index (χ2v) is 2.40. The maximum atomic E-state index is 4.64. The minimum absolute atomic E-state index is 0.853. The van der Waals surface area contributed by atoms with E-state index in [4.69, 9.17) is 0 Å². The van der Waals surface area contributed by atoms with E-state index in [0.29, 0.717) is 0 Å². The molecule has 60 valence electrons. The summed E-state index contributed by atoms with van der Waals surface area (Å²) in [6.45, 7) is 1.94. The monoisotopic (exact) mass is 144 g/mol. The molecule has 0 radical (unpaired) electrons. The highest BCUT2D eigenvalue weighted by atomic mass is 16.5. The van der Waals surface area contributed by atoms with Crippen LogP contribution in [0.4, 0.5) is 0 Å². The molecule has 0 fully saturated rings. The second-order valence-electron chi connectivity index (χ2n) is 2.40. The molecular formula is C7H16N2O. The summed E-state index contributed by atoms with van der Waals surface area (Å²) < 4.78 is 4.64. The van der Waals surface area contributed by atoms with Crippen LogP contribution in [-0.4, -0.2) is 45.6 Å². The molecule has 0 spiro atoms. The molecule has 10 heavy (non-hydrogen) atoms. The average molecular weight is 144 g/mol. The Morgan fingerprint density at radius 1 is 1.50 bits per heavy atom. The zero-order valence-electron chi connectivity index (χ0n) is 7.00. The summed E-state index contributed by atoms with van der Waals surface area (Å²) in [5.74, 6) is 0. The lowest BCUT2D eigenvalue weighted by atomic mass is 10.4. The predicted octanol–water partition coefficient (Wildman–Crippen LogP) is 0.613. The molecule has 0 unspecified atom stereocenters. The average Bonchev–Trinajstić information content (AvgIpc) is 1.87. The molecule has 0 heterocycles. The molecule has 0 saturated carbocycles. The standard InChI is InChI=1S/C7H16N2O/c1-9(2)6-4-5-8-7-10-3/h7H,4-6H2,1-3H3. The highest BCUT2D eigenvalue weighted by Crippen LogP contribution is 1.82. The summed E-state index contributed by atoms with van der Waals surface area (Å²) in [4.78, 5) is 6.13. The molecule has 0 rings (SSSR count). The fraction of sp³-hybridized carbons (Fsp3) is 0.857. The van der Waals surface area contributed by atoms with Gasteiger partial charge in [0, 0.05) is 6.54 Å². The molecule has 0 aromatic heterocycles. The number of ether oxygens (including phenoxy) is 1. The van der Waals surface area contributed by atoms with E-state index in [0.717, 1.165) is 19.5 Å². The van der Waals surface area contributed by atoms with Crippen molar-refractivity contribution in [2.24, 2.45) is 4.99 Å². The first-order valence-corrected chi connectivity index (χ1v) is 3.43. The highest BCUT2D eigenvalue weighted by Gasteiger charge is 1.86. The molecule has 0 aliphatic rings. The maximum absolute atomic E-state index is 4.64. The van der Waals surface area contributed by atoms with Gasteiger partial charge in [-0.25, -0.2) is 0 Å². The topological polar surface area (TPSA) is 24.8 Å². The lowest BCUT2D eigenvalue weighted by molar-refractivity contribution is 0.398. The minimum Gasteiger partial charge on any atom is -0.487 e. The summed E-state index contributed by atoms with van der Waals surface area (Å²) in [5, 5.41) is 0. The lowest BCUT2D eigenvalue weighted by Gasteiger charge is -2.06. The van der Waals surface area contributed by atoms with E-state index in [1.807, 2.05) is 0 Å². The number of rotatable bonds is 5. The molecule has 0 atom stereocenters. The lowest BCUT2D eigenvalue weighted by Crippen LogP contribution is -2.13. The first-order valence-electron chi connectivity index (χ1n) is 3.43. The molecule has 0 amide bonds. The van der Waals surface area contributed by atoms with Crippen molar-refractivity contribution in [2.45, 2.75) is 6.42 Å². The van der Waals surface area contributed by atoms with Gasteiger partial charge in [-0.1, -0.05) is 0 Å². The summed E-state index contributed by atoms with van der Waals surface area (Å²) in [6.07, 6.45) is 2.57. The normalized spacial score (nSPS) is 11.2. The fourth-order valence-electron chi connectivity index (χ4n) is 0.605. The van der Waals surface area contributed by atoms with Gasteiger partial charge < -0.3 is 9.64 Å². The van der Waals surface area contributed by atoms with E-state index in [1.54, 1.807) is 7.11 Å². The van der Waals surface area contributed by atoms with Gasteiger partial charge >= 0.3 is 0 Å². The molecule has 0 saturated heterocycles. The quantitative estimate of drug-likeness (QED) is 0.321. The van der Waals surface area contributed by atoms with Gasteiger partial charge in [0.1, 0.15) is 0 Å². The molecule has 0 aromatic rings. The van der Waals surface area contributed by atoms with E-state index >= 15 is 0 Å². The van der Waals surface area contributed by atoms with Crippen LogP contribution in [0.2, 0.25) is 0 Å². The third-order valence-corrected chi connectivity index (χ3v) is 1.07. The van der Waals surface area contributed by atoms with Gasteiger partial charge in [0.05, 0.1) is 7.11 Å². The van der Waals surface area contributed by atoms with Crippen LogP contribution in [0.15, 0.2) is 4.99 Å². The van der Waals surface area contributed by atoms with Crippen molar-refractivity contribution in [3.8, 4) is 0 Å². The van der Waals surface area contributed by atoms with Gasteiger partial charge in [-0.3, -0.25) is 4.99 Å². The van der Waals surface area contributed by atoms with E-state index < -0.39 is 0 Å². The Balaban J connectivity index is 2.97. The smallest absolute Gasteiger partial charge is 0.168 e. The summed E-state index contributed by atoms with van der Waals surface area (Å²) >= 11 is 0. The highest BCUT2D eigenvalue weighted by molar-refractivity contribution is 5.45. The number of methoxy groups -OCH3 is 1. The predicted molar refractivity (Wildman–Crippen MR) is 43.5 cm³/mol. The SMILES string of the molecule is COC=NCCCN(C)C. The molecule has 0 aliphatic heterocycles. The van der Waals surface area contributed by atoms with Crippen molar-refractivity contribution >= 4 is 6.40 Å². The largest absolute Gasteiger partial charge is 0.487 e. The van der Waals surface area contributed by atoms with E-state index in [-0.39, 0.29) is 0 Å². The fourth-order valence-corrected chi connectivity index (χ4v) is 0.605. The van der Waals surface area contributed by atoms with Crippen LogP contribution in [0.1, 0.15) is 6.42 Å². The summed E-state index contributed by atoms with van der Waals surface area (Å²) in [7, 11) is 5.72. The van der Waals surface area contributed by atoms with Crippen LogP contribution in [0.25, 0.3) is 0 Å². The van der Waals surface area contributed by atoms with Crippen LogP contribution in [0.3, 0.4) is 0 Å². The summed E-state index contributed by atoms with van der Waals surface area (Å²) in [6, 6.07) is 0. The van der Waals surface area contributed by atoms with Gasteiger partial charge in [-0.2, -0.15) is 0 Å². The Morgan fingerprint density at radius 2 is 2.20 bits per heavy atom. The molecular weight excluding hydrogens is 128 g/mol. The Kier molecular flexibility index (Phi) is 6.18. The van der Waals surface area contributed by atoms with Gasteiger partial charge in [0.2, 0.25) is 0 Å². The van der Waals surface area contributed by atoms with Crippen LogP contribution in [0.5, 0.6) is 0 Å². The van der Waals surface area contributed by atoms with Crippen LogP contribution in [0, 0.1) is 0 Å². The van der Waals surface area contributed by atoms with Gasteiger partial charge in [-0.05, 0) is 27.1 Å². The van der Waals surface area contributed by atoms with Crippen molar-refractivity contribution in [1.82, 2.24) is 4.90 Å². The summed E-state index contributed by atoms with van der Waals surface area (Å²) in [5.41, 5.74) is 0.